The molecule has 0 aliphatic heterocycles. The van der Waals surface area contributed by atoms with E-state index in [-0.39, 0.29) is 5.41 Å². The summed E-state index contributed by atoms with van der Waals surface area (Å²) < 4.78 is 2.61. The van der Waals surface area contributed by atoms with E-state index >= 15 is 0 Å². The third kappa shape index (κ3) is 5.08. The molecule has 0 bridgehead atoms. The Hall–Kier alpha value is -6.16. The SMILES string of the molecule is CC1(C)c2ccccc2-c2ccc(-c3ccc4sc5ccc(-c6cccc(-c7cc(-c8ccccc8)nc(-c8ccccc8)n7)c6)cc5c4c3)cc21. The molecular formula is C49H34N2S. The fourth-order valence-corrected chi connectivity index (χ4v) is 9.01. The monoisotopic (exact) mass is 682 g/mol. The molecule has 0 saturated carbocycles. The molecule has 52 heavy (non-hydrogen) atoms. The lowest BCUT2D eigenvalue weighted by Gasteiger charge is -2.22. The minimum Gasteiger partial charge on any atom is -0.228 e. The number of fused-ring (bicyclic) bond motifs is 6. The summed E-state index contributed by atoms with van der Waals surface area (Å²) in [7, 11) is 0. The van der Waals surface area contributed by atoms with E-state index < -0.39 is 0 Å². The highest BCUT2D eigenvalue weighted by Gasteiger charge is 2.35. The van der Waals surface area contributed by atoms with Gasteiger partial charge in [-0.1, -0.05) is 141 Å². The summed E-state index contributed by atoms with van der Waals surface area (Å²) in [6, 6.07) is 61.2. The summed E-state index contributed by atoms with van der Waals surface area (Å²) >= 11 is 1.86. The molecule has 3 heteroatoms. The number of hydrogen-bond donors (Lipinski definition) is 0. The Morgan fingerprint density at radius 3 is 1.62 bits per heavy atom. The lowest BCUT2D eigenvalue weighted by molar-refractivity contribution is 0.660. The average Bonchev–Trinajstić information content (AvgIpc) is 3.69. The van der Waals surface area contributed by atoms with Crippen molar-refractivity contribution < 1.29 is 0 Å². The number of nitrogens with zero attached hydrogens (tertiary/aromatic N) is 2. The minimum atomic E-state index is -0.0252. The molecule has 2 heterocycles. The van der Waals surface area contributed by atoms with Crippen LogP contribution in [0.4, 0.5) is 0 Å². The van der Waals surface area contributed by atoms with Crippen molar-refractivity contribution in [3.05, 3.63) is 181 Å². The molecule has 0 amide bonds. The fourth-order valence-electron chi connectivity index (χ4n) is 7.95. The van der Waals surface area contributed by atoms with Gasteiger partial charge in [-0.25, -0.2) is 9.97 Å². The van der Waals surface area contributed by atoms with Crippen LogP contribution in [0.5, 0.6) is 0 Å². The third-order valence-corrected chi connectivity index (χ3v) is 11.9. The topological polar surface area (TPSA) is 25.8 Å². The number of hydrogen-bond acceptors (Lipinski definition) is 3. The molecule has 246 valence electrons. The molecule has 1 aliphatic carbocycles. The first-order valence-electron chi connectivity index (χ1n) is 17.8. The van der Waals surface area contributed by atoms with Crippen molar-refractivity contribution in [3.8, 4) is 67.3 Å². The molecule has 0 atom stereocenters. The summed E-state index contributed by atoms with van der Waals surface area (Å²) in [6.45, 7) is 4.70. The maximum atomic E-state index is 5.09. The molecule has 0 unspecified atom stereocenters. The van der Waals surface area contributed by atoms with Gasteiger partial charge in [0.1, 0.15) is 0 Å². The van der Waals surface area contributed by atoms with Crippen molar-refractivity contribution in [3.63, 3.8) is 0 Å². The van der Waals surface area contributed by atoms with Crippen molar-refractivity contribution in [1.82, 2.24) is 9.97 Å². The smallest absolute Gasteiger partial charge is 0.160 e. The quantitative estimate of drug-likeness (QED) is 0.181. The van der Waals surface area contributed by atoms with Crippen LogP contribution in [0.2, 0.25) is 0 Å². The molecule has 1 aliphatic rings. The summed E-state index contributed by atoms with van der Waals surface area (Å²) in [4.78, 5) is 10.1. The standard InChI is InChI=1S/C49H34N2S/c1-49(2)42-19-10-9-18-38(42)39-23-20-36(29-43(39)49)35-22-25-47-41(28-35)40-27-34(21-24-46(40)52-47)33-16-11-17-37(26-33)45-30-44(31-12-5-3-6-13-31)50-48(51-45)32-14-7-4-8-15-32/h3-30H,1-2H3. The molecule has 9 aromatic rings. The molecule has 10 rings (SSSR count). The van der Waals surface area contributed by atoms with Crippen molar-refractivity contribution in [1.29, 1.82) is 0 Å². The lowest BCUT2D eigenvalue weighted by Crippen LogP contribution is -2.14. The van der Waals surface area contributed by atoms with Crippen LogP contribution in [0, 0.1) is 0 Å². The third-order valence-electron chi connectivity index (χ3n) is 10.7. The Morgan fingerprint density at radius 1 is 0.385 bits per heavy atom. The van der Waals surface area contributed by atoms with Gasteiger partial charge in [0, 0.05) is 42.3 Å². The predicted molar refractivity (Wildman–Crippen MR) is 220 cm³/mol. The van der Waals surface area contributed by atoms with E-state index in [1.54, 1.807) is 0 Å². The maximum absolute atomic E-state index is 5.09. The minimum absolute atomic E-state index is 0.0252. The Labute approximate surface area is 307 Å². The van der Waals surface area contributed by atoms with E-state index in [1.165, 1.54) is 59.1 Å². The molecule has 7 aromatic carbocycles. The van der Waals surface area contributed by atoms with Crippen LogP contribution < -0.4 is 0 Å². The van der Waals surface area contributed by atoms with Crippen LogP contribution in [0.1, 0.15) is 25.0 Å². The molecule has 0 spiro atoms. The van der Waals surface area contributed by atoms with Crippen LogP contribution in [0.15, 0.2) is 170 Å². The summed E-state index contributed by atoms with van der Waals surface area (Å²) in [5.41, 5.74) is 15.3. The number of thiophene rings is 1. The van der Waals surface area contributed by atoms with Gasteiger partial charge in [0.25, 0.3) is 0 Å². The molecular weight excluding hydrogens is 649 g/mol. The Morgan fingerprint density at radius 2 is 0.904 bits per heavy atom. The second kappa shape index (κ2) is 12.0. The molecule has 2 aromatic heterocycles. The zero-order valence-electron chi connectivity index (χ0n) is 29.0. The second-order valence-corrected chi connectivity index (χ2v) is 15.3. The number of benzene rings is 7. The summed E-state index contributed by atoms with van der Waals surface area (Å²) in [6.07, 6.45) is 0. The van der Waals surface area contributed by atoms with Crippen LogP contribution in [-0.2, 0) is 5.41 Å². The van der Waals surface area contributed by atoms with E-state index in [1.807, 2.05) is 35.6 Å². The Bertz CT molecular complexity index is 2760. The number of rotatable bonds is 5. The van der Waals surface area contributed by atoms with E-state index in [4.69, 9.17) is 9.97 Å². The van der Waals surface area contributed by atoms with Gasteiger partial charge in [0.15, 0.2) is 5.82 Å². The van der Waals surface area contributed by atoms with Crippen LogP contribution >= 0.6 is 11.3 Å². The van der Waals surface area contributed by atoms with Gasteiger partial charge in [-0.05, 0) is 87.0 Å². The van der Waals surface area contributed by atoms with Crippen molar-refractivity contribution >= 4 is 31.5 Å². The lowest BCUT2D eigenvalue weighted by atomic mass is 9.81. The van der Waals surface area contributed by atoms with Gasteiger partial charge >= 0.3 is 0 Å². The Kier molecular flexibility index (Phi) is 7.06. The van der Waals surface area contributed by atoms with E-state index in [0.29, 0.717) is 0 Å². The van der Waals surface area contributed by atoms with Crippen LogP contribution in [0.25, 0.3) is 87.5 Å². The van der Waals surface area contributed by atoms with Gasteiger partial charge in [-0.15, -0.1) is 11.3 Å². The van der Waals surface area contributed by atoms with Gasteiger partial charge in [-0.3, -0.25) is 0 Å². The molecule has 0 N–H and O–H groups in total. The molecule has 2 nitrogen and oxygen atoms in total. The second-order valence-electron chi connectivity index (χ2n) is 14.2. The average molecular weight is 683 g/mol. The van der Waals surface area contributed by atoms with E-state index in [0.717, 1.165) is 39.5 Å². The highest BCUT2D eigenvalue weighted by molar-refractivity contribution is 7.25. The van der Waals surface area contributed by atoms with Gasteiger partial charge in [0.2, 0.25) is 0 Å². The van der Waals surface area contributed by atoms with Crippen LogP contribution in [0.3, 0.4) is 0 Å². The van der Waals surface area contributed by atoms with Crippen molar-refractivity contribution in [2.75, 3.05) is 0 Å². The molecule has 0 saturated heterocycles. The fraction of sp³-hybridized carbons (Fsp3) is 0.0612. The molecule has 0 fully saturated rings. The van der Waals surface area contributed by atoms with E-state index in [9.17, 15) is 0 Å². The molecule has 0 radical (unpaired) electrons. The predicted octanol–water partition coefficient (Wildman–Crippen LogP) is 13.5. The number of aromatic nitrogens is 2. The highest BCUT2D eigenvalue weighted by atomic mass is 32.1. The normalized spacial score (nSPS) is 13.0. The van der Waals surface area contributed by atoms with Crippen molar-refractivity contribution in [2.24, 2.45) is 0 Å². The zero-order valence-corrected chi connectivity index (χ0v) is 29.8. The summed E-state index contributed by atoms with van der Waals surface area (Å²) in [5.74, 6) is 0.723. The summed E-state index contributed by atoms with van der Waals surface area (Å²) in [5, 5.41) is 2.59. The van der Waals surface area contributed by atoms with Crippen molar-refractivity contribution in [2.45, 2.75) is 19.3 Å². The van der Waals surface area contributed by atoms with Gasteiger partial charge in [-0.2, -0.15) is 0 Å². The maximum Gasteiger partial charge on any atom is 0.160 e. The zero-order chi connectivity index (χ0) is 34.8. The first-order chi connectivity index (χ1) is 25.5. The largest absolute Gasteiger partial charge is 0.228 e. The van der Waals surface area contributed by atoms with Gasteiger partial charge in [0.05, 0.1) is 11.4 Å². The first kappa shape index (κ1) is 30.6. The highest BCUT2D eigenvalue weighted by Crippen LogP contribution is 2.50. The Balaban J connectivity index is 1.05. The van der Waals surface area contributed by atoms with E-state index in [2.05, 4.69) is 159 Å². The van der Waals surface area contributed by atoms with Gasteiger partial charge < -0.3 is 0 Å². The van der Waals surface area contributed by atoms with Crippen LogP contribution in [-0.4, -0.2) is 9.97 Å². The first-order valence-corrected chi connectivity index (χ1v) is 18.6.